The lowest BCUT2D eigenvalue weighted by Gasteiger charge is -1.90. The predicted molar refractivity (Wildman–Crippen MR) is 56.2 cm³/mol. The van der Waals surface area contributed by atoms with Gasteiger partial charge in [-0.15, -0.1) is 10.2 Å². The van der Waals surface area contributed by atoms with Crippen molar-refractivity contribution in [2.24, 2.45) is 0 Å². The predicted octanol–water partition coefficient (Wildman–Crippen LogP) is 1.66. The third-order valence-corrected chi connectivity index (χ3v) is 2.72. The zero-order valence-electron chi connectivity index (χ0n) is 7.44. The first-order valence-corrected chi connectivity index (χ1v) is 5.22. The minimum atomic E-state index is 0.419. The van der Waals surface area contributed by atoms with E-state index in [1.165, 1.54) is 11.3 Å². The molecule has 2 aromatic heterocycles. The first-order chi connectivity index (χ1) is 6.70. The third-order valence-electron chi connectivity index (χ3n) is 1.68. The Hall–Kier alpha value is -1.14. The highest BCUT2D eigenvalue weighted by molar-refractivity contribution is 7.18. The summed E-state index contributed by atoms with van der Waals surface area (Å²) in [4.78, 5) is 0. The number of aryl methyl sites for hydroxylation is 1. The van der Waals surface area contributed by atoms with Crippen LogP contribution in [0.1, 0.15) is 6.92 Å². The normalized spacial score (nSPS) is 10.7. The molecule has 0 radical (unpaired) electrons. The van der Waals surface area contributed by atoms with Crippen molar-refractivity contribution in [1.29, 1.82) is 0 Å². The molecular weight excluding hydrogens is 222 g/mol. The molecule has 0 aliphatic rings. The molecule has 0 aromatic carbocycles. The molecular formula is C7H8ClN5S. The number of hydrogen-bond donors (Lipinski definition) is 1. The fourth-order valence-electron chi connectivity index (χ4n) is 1.03. The van der Waals surface area contributed by atoms with E-state index in [2.05, 4.69) is 15.3 Å². The van der Waals surface area contributed by atoms with E-state index in [0.29, 0.717) is 20.9 Å². The Labute approximate surface area is 89.5 Å². The molecule has 0 atom stereocenters. The molecule has 0 aliphatic heterocycles. The molecule has 0 fully saturated rings. The molecule has 0 saturated heterocycles. The van der Waals surface area contributed by atoms with Gasteiger partial charge >= 0.3 is 0 Å². The average Bonchev–Trinajstić information content (AvgIpc) is 2.71. The molecule has 0 bridgehead atoms. The van der Waals surface area contributed by atoms with Gasteiger partial charge < -0.3 is 5.73 Å². The summed E-state index contributed by atoms with van der Waals surface area (Å²) < 4.78 is 1.75. The van der Waals surface area contributed by atoms with Crippen LogP contribution in [0.15, 0.2) is 6.20 Å². The number of nitrogens with zero attached hydrogens (tertiary/aromatic N) is 4. The fraction of sp³-hybridized carbons (Fsp3) is 0.286. The molecule has 0 unspecified atom stereocenters. The van der Waals surface area contributed by atoms with Crippen LogP contribution in [0.4, 0.5) is 5.13 Å². The molecule has 2 aromatic rings. The third kappa shape index (κ3) is 1.58. The molecule has 2 rings (SSSR count). The van der Waals surface area contributed by atoms with Crippen molar-refractivity contribution in [2.45, 2.75) is 13.5 Å². The zero-order valence-corrected chi connectivity index (χ0v) is 9.01. The first kappa shape index (κ1) is 9.42. The summed E-state index contributed by atoms with van der Waals surface area (Å²) in [6.07, 6.45) is 1.76. The maximum atomic E-state index is 5.98. The molecule has 0 saturated carbocycles. The Morgan fingerprint density at radius 1 is 1.57 bits per heavy atom. The van der Waals surface area contributed by atoms with Crippen LogP contribution in [0.25, 0.3) is 10.7 Å². The minimum Gasteiger partial charge on any atom is -0.374 e. The summed E-state index contributed by atoms with van der Waals surface area (Å²) >= 11 is 7.26. The van der Waals surface area contributed by atoms with E-state index >= 15 is 0 Å². The number of aromatic nitrogens is 4. The lowest BCUT2D eigenvalue weighted by Crippen LogP contribution is -1.93. The van der Waals surface area contributed by atoms with Gasteiger partial charge in [-0.25, -0.2) is 0 Å². The Bertz CT molecular complexity index is 449. The second-order valence-electron chi connectivity index (χ2n) is 2.63. The average molecular weight is 230 g/mol. The number of rotatable bonds is 2. The summed E-state index contributed by atoms with van der Waals surface area (Å²) in [6.45, 7) is 2.76. The van der Waals surface area contributed by atoms with E-state index in [1.807, 2.05) is 6.92 Å². The van der Waals surface area contributed by atoms with Gasteiger partial charge in [-0.05, 0) is 6.92 Å². The minimum absolute atomic E-state index is 0.419. The lowest BCUT2D eigenvalue weighted by molar-refractivity contribution is 0.662. The second kappa shape index (κ2) is 3.55. The van der Waals surface area contributed by atoms with Gasteiger partial charge in [0.15, 0.2) is 5.01 Å². The summed E-state index contributed by atoms with van der Waals surface area (Å²) in [5.41, 5.74) is 6.11. The number of hydrogen-bond acceptors (Lipinski definition) is 5. The summed E-state index contributed by atoms with van der Waals surface area (Å²) in [5.74, 6) is 0. The number of nitrogens with two attached hydrogens (primary N) is 1. The van der Waals surface area contributed by atoms with Gasteiger partial charge in [0.1, 0.15) is 5.69 Å². The van der Waals surface area contributed by atoms with Crippen LogP contribution in [-0.4, -0.2) is 20.0 Å². The van der Waals surface area contributed by atoms with Gasteiger partial charge in [0.05, 0.1) is 5.02 Å². The Morgan fingerprint density at radius 3 is 2.86 bits per heavy atom. The van der Waals surface area contributed by atoms with Crippen LogP contribution in [0.5, 0.6) is 0 Å². The highest BCUT2D eigenvalue weighted by atomic mass is 35.5. The molecule has 14 heavy (non-hydrogen) atoms. The second-order valence-corrected chi connectivity index (χ2v) is 4.04. The number of nitrogen functional groups attached to an aromatic ring is 1. The van der Waals surface area contributed by atoms with Crippen molar-refractivity contribution < 1.29 is 0 Å². The van der Waals surface area contributed by atoms with Crippen molar-refractivity contribution in [3.63, 3.8) is 0 Å². The van der Waals surface area contributed by atoms with E-state index in [4.69, 9.17) is 17.3 Å². The quantitative estimate of drug-likeness (QED) is 0.850. The van der Waals surface area contributed by atoms with Gasteiger partial charge in [-0.1, -0.05) is 22.9 Å². The van der Waals surface area contributed by atoms with Crippen LogP contribution in [0.3, 0.4) is 0 Å². The topological polar surface area (TPSA) is 69.6 Å². The zero-order chi connectivity index (χ0) is 10.1. The summed E-state index contributed by atoms with van der Waals surface area (Å²) in [5, 5.41) is 13.5. The van der Waals surface area contributed by atoms with Crippen molar-refractivity contribution in [2.75, 3.05) is 5.73 Å². The molecule has 2 heterocycles. The maximum absolute atomic E-state index is 5.98. The van der Waals surface area contributed by atoms with Crippen molar-refractivity contribution in [3.8, 4) is 10.7 Å². The molecule has 2 N–H and O–H groups in total. The van der Waals surface area contributed by atoms with E-state index in [0.717, 1.165) is 6.54 Å². The van der Waals surface area contributed by atoms with Gasteiger partial charge in [0.2, 0.25) is 5.13 Å². The van der Waals surface area contributed by atoms with E-state index in [1.54, 1.807) is 10.9 Å². The van der Waals surface area contributed by atoms with E-state index in [-0.39, 0.29) is 0 Å². The van der Waals surface area contributed by atoms with Crippen LogP contribution < -0.4 is 5.73 Å². The maximum Gasteiger partial charge on any atom is 0.203 e. The Morgan fingerprint density at radius 2 is 2.36 bits per heavy atom. The van der Waals surface area contributed by atoms with Crippen molar-refractivity contribution >= 4 is 28.1 Å². The monoisotopic (exact) mass is 229 g/mol. The SMILES string of the molecule is CCn1cc(Cl)c(-c2nnc(N)s2)n1. The van der Waals surface area contributed by atoms with E-state index in [9.17, 15) is 0 Å². The van der Waals surface area contributed by atoms with Gasteiger partial charge in [0, 0.05) is 12.7 Å². The highest BCUT2D eigenvalue weighted by Crippen LogP contribution is 2.29. The number of anilines is 1. The van der Waals surface area contributed by atoms with Crippen LogP contribution >= 0.6 is 22.9 Å². The molecule has 7 heteroatoms. The standard InChI is InChI=1S/C7H8ClN5S/c1-2-13-3-4(8)5(12-13)6-10-11-7(9)14-6/h3H,2H2,1H3,(H2,9,11). The molecule has 74 valence electrons. The van der Waals surface area contributed by atoms with Crippen LogP contribution in [0, 0.1) is 0 Å². The van der Waals surface area contributed by atoms with Gasteiger partial charge in [-0.3, -0.25) is 4.68 Å². The van der Waals surface area contributed by atoms with Crippen LogP contribution in [-0.2, 0) is 6.54 Å². The smallest absolute Gasteiger partial charge is 0.203 e. The lowest BCUT2D eigenvalue weighted by atomic mass is 10.5. The highest BCUT2D eigenvalue weighted by Gasteiger charge is 2.13. The molecule has 0 spiro atoms. The van der Waals surface area contributed by atoms with Crippen molar-refractivity contribution in [3.05, 3.63) is 11.2 Å². The largest absolute Gasteiger partial charge is 0.374 e. The Kier molecular flexibility index (Phi) is 2.39. The molecule has 0 aliphatic carbocycles. The van der Waals surface area contributed by atoms with Gasteiger partial charge in [-0.2, -0.15) is 5.10 Å². The molecule has 0 amide bonds. The Balaban J connectivity index is 2.45. The van der Waals surface area contributed by atoms with Crippen LogP contribution in [0.2, 0.25) is 5.02 Å². The number of halogens is 1. The first-order valence-electron chi connectivity index (χ1n) is 4.03. The fourth-order valence-corrected chi connectivity index (χ4v) is 1.94. The summed E-state index contributed by atoms with van der Waals surface area (Å²) in [7, 11) is 0. The molecule has 5 nitrogen and oxygen atoms in total. The summed E-state index contributed by atoms with van der Waals surface area (Å²) in [6, 6.07) is 0. The van der Waals surface area contributed by atoms with E-state index < -0.39 is 0 Å². The van der Waals surface area contributed by atoms with Gasteiger partial charge in [0.25, 0.3) is 0 Å². The van der Waals surface area contributed by atoms with Crippen molar-refractivity contribution in [1.82, 2.24) is 20.0 Å².